The average Bonchev–Trinajstić information content (AvgIpc) is 3.08. The van der Waals surface area contributed by atoms with Crippen LogP contribution in [0.2, 0.25) is 0 Å². The molecule has 0 spiro atoms. The lowest BCUT2D eigenvalue weighted by atomic mass is 10.2. The first-order chi connectivity index (χ1) is 13.5. The Labute approximate surface area is 164 Å². The number of aromatic nitrogens is 2. The molecule has 2 aromatic heterocycles. The van der Waals surface area contributed by atoms with Gasteiger partial charge in [0.15, 0.2) is 0 Å². The van der Waals surface area contributed by atoms with Gasteiger partial charge in [0.25, 0.3) is 5.56 Å². The zero-order chi connectivity index (χ0) is 20.1. The highest BCUT2D eigenvalue weighted by atomic mass is 16.2. The molecular weight excluding hydrogens is 358 g/mol. The van der Waals surface area contributed by atoms with Crippen LogP contribution in [0.15, 0.2) is 42.0 Å². The number of nitrogens with zero attached hydrogens (tertiary/aromatic N) is 4. The first-order valence-corrected chi connectivity index (χ1v) is 9.52. The van der Waals surface area contributed by atoms with Gasteiger partial charge in [-0.2, -0.15) is 0 Å². The van der Waals surface area contributed by atoms with E-state index in [1.54, 1.807) is 21.4 Å². The zero-order valence-corrected chi connectivity index (χ0v) is 16.3. The maximum absolute atomic E-state index is 12.6. The largest absolute Gasteiger partial charge is 0.352 e. The molecule has 28 heavy (non-hydrogen) atoms. The summed E-state index contributed by atoms with van der Waals surface area (Å²) in [5.74, 6) is 0.00440. The van der Waals surface area contributed by atoms with Crippen molar-refractivity contribution in [3.05, 3.63) is 47.5 Å². The minimum atomic E-state index is -0.0758. The molecule has 1 aliphatic heterocycles. The Balaban J connectivity index is 1.49. The second-order valence-corrected chi connectivity index (χ2v) is 7.04. The van der Waals surface area contributed by atoms with Gasteiger partial charge in [-0.15, -0.1) is 6.58 Å². The summed E-state index contributed by atoms with van der Waals surface area (Å²) in [6.07, 6.45) is 5.54. The minimum Gasteiger partial charge on any atom is -0.352 e. The molecule has 0 saturated carbocycles. The van der Waals surface area contributed by atoms with Crippen molar-refractivity contribution in [2.45, 2.75) is 13.0 Å². The highest BCUT2D eigenvalue weighted by Crippen LogP contribution is 2.10. The third-order valence-electron chi connectivity index (χ3n) is 5.10. The maximum atomic E-state index is 12.6. The van der Waals surface area contributed by atoms with Crippen LogP contribution in [0.4, 0.5) is 0 Å². The van der Waals surface area contributed by atoms with Crippen molar-refractivity contribution in [2.75, 3.05) is 39.3 Å². The van der Waals surface area contributed by atoms with E-state index in [0.717, 1.165) is 5.39 Å². The van der Waals surface area contributed by atoms with Crippen molar-refractivity contribution in [1.82, 2.24) is 24.3 Å². The molecule has 1 fully saturated rings. The van der Waals surface area contributed by atoms with Crippen LogP contribution in [0.25, 0.3) is 10.9 Å². The summed E-state index contributed by atoms with van der Waals surface area (Å²) in [6, 6.07) is 3.81. The zero-order valence-electron chi connectivity index (χ0n) is 16.3. The fourth-order valence-corrected chi connectivity index (χ4v) is 3.48. The smallest absolute Gasteiger partial charge is 0.275 e. The molecule has 0 atom stereocenters. The minimum absolute atomic E-state index is 0.0323. The van der Waals surface area contributed by atoms with Gasteiger partial charge >= 0.3 is 0 Å². The lowest BCUT2D eigenvalue weighted by molar-refractivity contribution is -0.133. The first kappa shape index (κ1) is 19.9. The average molecular weight is 385 g/mol. The van der Waals surface area contributed by atoms with Crippen LogP contribution in [-0.2, 0) is 23.2 Å². The Bertz CT molecular complexity index is 922. The summed E-state index contributed by atoms with van der Waals surface area (Å²) in [5, 5.41) is 3.66. The number of carbonyl (C=O) groups excluding carboxylic acids is 2. The Morgan fingerprint density at radius 2 is 1.89 bits per heavy atom. The van der Waals surface area contributed by atoms with E-state index < -0.39 is 0 Å². The van der Waals surface area contributed by atoms with Gasteiger partial charge in [0.2, 0.25) is 11.8 Å². The number of hydrogen-bond acceptors (Lipinski definition) is 4. The number of piperazine rings is 1. The van der Waals surface area contributed by atoms with Crippen LogP contribution in [-0.4, -0.2) is 70.0 Å². The number of amides is 2. The van der Waals surface area contributed by atoms with E-state index in [1.165, 1.54) is 0 Å². The third-order valence-corrected chi connectivity index (χ3v) is 5.10. The lowest BCUT2D eigenvalue weighted by Crippen LogP contribution is -2.51. The molecule has 8 heteroatoms. The molecule has 3 rings (SSSR count). The van der Waals surface area contributed by atoms with Gasteiger partial charge in [0.1, 0.15) is 5.52 Å². The number of carbonyl (C=O) groups is 2. The number of aryl methyl sites for hydroxylation is 2. The first-order valence-electron chi connectivity index (χ1n) is 9.52. The van der Waals surface area contributed by atoms with E-state index in [9.17, 15) is 14.4 Å². The van der Waals surface area contributed by atoms with Crippen molar-refractivity contribution in [1.29, 1.82) is 0 Å². The molecule has 0 aromatic carbocycles. The van der Waals surface area contributed by atoms with E-state index >= 15 is 0 Å². The SMILES string of the molecule is C=CCNC(=O)CN1CCN(C(=O)CCn2ccc3ccn(C)c3c2=O)CC1. The van der Waals surface area contributed by atoms with Crippen LogP contribution in [0.1, 0.15) is 6.42 Å². The van der Waals surface area contributed by atoms with E-state index in [2.05, 4.69) is 11.9 Å². The summed E-state index contributed by atoms with van der Waals surface area (Å²) in [6.45, 7) is 7.27. The molecule has 3 heterocycles. The second kappa shape index (κ2) is 8.88. The lowest BCUT2D eigenvalue weighted by Gasteiger charge is -2.34. The number of fused-ring (bicyclic) bond motifs is 1. The predicted molar refractivity (Wildman–Crippen MR) is 108 cm³/mol. The monoisotopic (exact) mass is 385 g/mol. The molecule has 0 radical (unpaired) electrons. The number of hydrogen-bond donors (Lipinski definition) is 1. The maximum Gasteiger partial charge on any atom is 0.275 e. The van der Waals surface area contributed by atoms with Crippen LogP contribution in [0.3, 0.4) is 0 Å². The highest BCUT2D eigenvalue weighted by Gasteiger charge is 2.22. The Morgan fingerprint density at radius 1 is 1.18 bits per heavy atom. The summed E-state index contributed by atoms with van der Waals surface area (Å²) in [5.41, 5.74) is 0.575. The van der Waals surface area contributed by atoms with Crippen molar-refractivity contribution in [3.8, 4) is 0 Å². The van der Waals surface area contributed by atoms with E-state index in [1.807, 2.05) is 35.2 Å². The van der Waals surface area contributed by atoms with Crippen molar-refractivity contribution in [3.63, 3.8) is 0 Å². The third kappa shape index (κ3) is 4.51. The summed E-state index contributed by atoms with van der Waals surface area (Å²) in [7, 11) is 1.84. The van der Waals surface area contributed by atoms with Gasteiger partial charge in [-0.1, -0.05) is 6.08 Å². The quantitative estimate of drug-likeness (QED) is 0.690. The van der Waals surface area contributed by atoms with E-state index in [0.29, 0.717) is 51.3 Å². The molecular formula is C20H27N5O3. The van der Waals surface area contributed by atoms with Gasteiger partial charge in [-0.25, -0.2) is 0 Å². The summed E-state index contributed by atoms with van der Waals surface area (Å²) >= 11 is 0. The molecule has 0 aliphatic carbocycles. The molecule has 2 aromatic rings. The van der Waals surface area contributed by atoms with Crippen molar-refractivity contribution in [2.24, 2.45) is 7.05 Å². The van der Waals surface area contributed by atoms with Crippen LogP contribution in [0, 0.1) is 0 Å². The second-order valence-electron chi connectivity index (χ2n) is 7.04. The molecule has 0 bridgehead atoms. The fraction of sp³-hybridized carbons (Fsp3) is 0.450. The topological polar surface area (TPSA) is 79.6 Å². The Morgan fingerprint density at radius 3 is 2.61 bits per heavy atom. The molecule has 2 amide bonds. The Hall–Kier alpha value is -2.87. The van der Waals surface area contributed by atoms with Crippen molar-refractivity contribution >= 4 is 22.7 Å². The number of rotatable bonds is 7. The molecule has 1 aliphatic rings. The summed E-state index contributed by atoms with van der Waals surface area (Å²) < 4.78 is 3.40. The highest BCUT2D eigenvalue weighted by molar-refractivity contribution is 5.79. The van der Waals surface area contributed by atoms with Gasteiger partial charge in [-0.3, -0.25) is 19.3 Å². The van der Waals surface area contributed by atoms with Crippen LogP contribution < -0.4 is 10.9 Å². The normalized spacial score (nSPS) is 15.0. The predicted octanol–water partition coefficient (Wildman–Crippen LogP) is 0.177. The fourth-order valence-electron chi connectivity index (χ4n) is 3.48. The van der Waals surface area contributed by atoms with E-state index in [4.69, 9.17) is 0 Å². The van der Waals surface area contributed by atoms with Crippen LogP contribution in [0.5, 0.6) is 0 Å². The van der Waals surface area contributed by atoms with Crippen molar-refractivity contribution < 1.29 is 9.59 Å². The molecule has 150 valence electrons. The molecule has 8 nitrogen and oxygen atoms in total. The van der Waals surface area contributed by atoms with Gasteiger partial charge in [0, 0.05) is 70.5 Å². The number of pyridine rings is 1. The summed E-state index contributed by atoms with van der Waals surface area (Å²) in [4.78, 5) is 40.7. The standard InChI is InChI=1S/C20H27N5O3/c1-3-7-21-17(26)15-23-11-13-24(14-12-23)18(27)6-10-25-9-5-16-4-8-22(2)19(16)20(25)28/h3-5,8-9H,1,6-7,10-15H2,2H3,(H,21,26). The Kier molecular flexibility index (Phi) is 6.30. The van der Waals surface area contributed by atoms with Gasteiger partial charge in [-0.05, 0) is 12.1 Å². The number of nitrogens with one attached hydrogen (secondary N) is 1. The molecule has 0 unspecified atom stereocenters. The molecule has 1 saturated heterocycles. The molecule has 1 N–H and O–H groups in total. The van der Waals surface area contributed by atoms with Gasteiger partial charge in [0.05, 0.1) is 6.54 Å². The van der Waals surface area contributed by atoms with E-state index in [-0.39, 0.29) is 23.8 Å². The van der Waals surface area contributed by atoms with Gasteiger partial charge < -0.3 is 19.4 Å². The van der Waals surface area contributed by atoms with Crippen LogP contribution >= 0.6 is 0 Å².